The highest BCUT2D eigenvalue weighted by Crippen LogP contribution is 2.26. The van der Waals surface area contributed by atoms with Gasteiger partial charge in [-0.2, -0.15) is 4.31 Å². The molecule has 1 aliphatic heterocycles. The molecule has 1 saturated heterocycles. The average Bonchev–Trinajstić information content (AvgIpc) is 2.59. The Bertz CT molecular complexity index is 754. The number of piperazine rings is 1. The molecule has 0 spiro atoms. The highest BCUT2D eigenvalue weighted by Gasteiger charge is 2.30. The maximum Gasteiger partial charge on any atom is 0.407 e. The third-order valence-corrected chi connectivity index (χ3v) is 5.83. The minimum absolute atomic E-state index is 0.00493. The first kappa shape index (κ1) is 19.2. The van der Waals surface area contributed by atoms with Gasteiger partial charge in [0.1, 0.15) is 5.75 Å². The SMILES string of the molecule is CCCOc1ccc(S(=O)(=O)N2CCN(C(=O)O)CC2)cc1C(C)=O. The van der Waals surface area contributed by atoms with E-state index in [2.05, 4.69) is 0 Å². The van der Waals surface area contributed by atoms with E-state index in [0.29, 0.717) is 12.4 Å². The number of sulfonamides is 1. The number of hydrogen-bond acceptors (Lipinski definition) is 5. The fourth-order valence-electron chi connectivity index (χ4n) is 2.55. The van der Waals surface area contributed by atoms with Crippen LogP contribution in [0.1, 0.15) is 30.6 Å². The molecule has 1 heterocycles. The normalized spacial score (nSPS) is 15.8. The summed E-state index contributed by atoms with van der Waals surface area (Å²) in [5.74, 6) is 0.0860. The molecule has 1 fully saturated rings. The number of hydrogen-bond donors (Lipinski definition) is 1. The van der Waals surface area contributed by atoms with Crippen molar-refractivity contribution in [3.05, 3.63) is 23.8 Å². The molecule has 1 aromatic carbocycles. The molecule has 2 rings (SSSR count). The van der Waals surface area contributed by atoms with Crippen LogP contribution in [0, 0.1) is 0 Å². The Balaban J connectivity index is 2.26. The van der Waals surface area contributed by atoms with Gasteiger partial charge in [0, 0.05) is 26.2 Å². The van der Waals surface area contributed by atoms with Crippen molar-refractivity contribution in [1.29, 1.82) is 0 Å². The summed E-state index contributed by atoms with van der Waals surface area (Å²) in [5.41, 5.74) is 0.221. The molecular weight excluding hydrogens is 348 g/mol. The molecule has 8 nitrogen and oxygen atoms in total. The van der Waals surface area contributed by atoms with E-state index in [9.17, 15) is 18.0 Å². The van der Waals surface area contributed by atoms with Crippen LogP contribution in [0.4, 0.5) is 4.79 Å². The smallest absolute Gasteiger partial charge is 0.407 e. The minimum atomic E-state index is -3.80. The van der Waals surface area contributed by atoms with E-state index in [1.165, 1.54) is 34.3 Å². The summed E-state index contributed by atoms with van der Waals surface area (Å²) in [6.45, 7) is 4.12. The van der Waals surface area contributed by atoms with Gasteiger partial charge in [-0.15, -0.1) is 0 Å². The van der Waals surface area contributed by atoms with Crippen LogP contribution in [0.3, 0.4) is 0 Å². The zero-order valence-corrected chi connectivity index (χ0v) is 15.1. The molecule has 1 aliphatic rings. The van der Waals surface area contributed by atoms with Crippen molar-refractivity contribution in [3.8, 4) is 5.75 Å². The van der Waals surface area contributed by atoms with Gasteiger partial charge < -0.3 is 14.7 Å². The van der Waals surface area contributed by atoms with Gasteiger partial charge in [-0.25, -0.2) is 13.2 Å². The number of ketones is 1. The molecule has 0 bridgehead atoms. The number of carbonyl (C=O) groups is 2. The van der Waals surface area contributed by atoms with Crippen molar-refractivity contribution >= 4 is 21.9 Å². The summed E-state index contributed by atoms with van der Waals surface area (Å²) in [7, 11) is -3.80. The summed E-state index contributed by atoms with van der Waals surface area (Å²) in [6.07, 6.45) is -0.293. The quantitative estimate of drug-likeness (QED) is 0.764. The molecular formula is C16H22N2O6S. The Hall–Kier alpha value is -2.13. The van der Waals surface area contributed by atoms with Gasteiger partial charge in [-0.1, -0.05) is 6.92 Å². The lowest BCUT2D eigenvalue weighted by Crippen LogP contribution is -2.50. The molecule has 25 heavy (non-hydrogen) atoms. The first-order chi connectivity index (χ1) is 11.8. The zero-order chi connectivity index (χ0) is 18.6. The Morgan fingerprint density at radius 3 is 2.36 bits per heavy atom. The zero-order valence-electron chi connectivity index (χ0n) is 14.3. The largest absolute Gasteiger partial charge is 0.493 e. The van der Waals surface area contributed by atoms with Crippen molar-refractivity contribution < 1.29 is 27.9 Å². The third kappa shape index (κ3) is 4.29. The number of carboxylic acid groups (broad SMARTS) is 1. The van der Waals surface area contributed by atoms with Crippen molar-refractivity contribution in [3.63, 3.8) is 0 Å². The Kier molecular flexibility index (Phi) is 6.02. The Morgan fingerprint density at radius 1 is 1.20 bits per heavy atom. The molecule has 138 valence electrons. The summed E-state index contributed by atoms with van der Waals surface area (Å²) in [4.78, 5) is 24.0. The summed E-state index contributed by atoms with van der Waals surface area (Å²) in [6, 6.07) is 4.23. The molecule has 0 aromatic heterocycles. The maximum atomic E-state index is 12.8. The molecule has 0 unspecified atom stereocenters. The molecule has 1 N–H and O–H groups in total. The third-order valence-electron chi connectivity index (χ3n) is 3.94. The Labute approximate surface area is 147 Å². The lowest BCUT2D eigenvalue weighted by Gasteiger charge is -2.32. The fourth-order valence-corrected chi connectivity index (χ4v) is 4.00. The summed E-state index contributed by atoms with van der Waals surface area (Å²) >= 11 is 0. The topological polar surface area (TPSA) is 104 Å². The van der Waals surface area contributed by atoms with Gasteiger partial charge in [0.2, 0.25) is 10.0 Å². The standard InChI is InChI=1S/C16H22N2O6S/c1-3-10-24-15-5-4-13(11-14(15)12(2)19)25(22,23)18-8-6-17(7-9-18)16(20)21/h4-5,11H,3,6-10H2,1-2H3,(H,20,21). The van der Waals surface area contributed by atoms with E-state index in [0.717, 1.165) is 6.42 Å². The molecule has 0 saturated carbocycles. The summed E-state index contributed by atoms with van der Waals surface area (Å²) < 4.78 is 32.3. The average molecular weight is 370 g/mol. The second-order valence-corrected chi connectivity index (χ2v) is 7.67. The van der Waals surface area contributed by atoms with Crippen LogP contribution >= 0.6 is 0 Å². The van der Waals surface area contributed by atoms with E-state index in [1.807, 2.05) is 6.92 Å². The van der Waals surface area contributed by atoms with E-state index >= 15 is 0 Å². The monoisotopic (exact) mass is 370 g/mol. The van der Waals surface area contributed by atoms with E-state index in [-0.39, 0.29) is 42.4 Å². The number of amides is 1. The van der Waals surface area contributed by atoms with Crippen molar-refractivity contribution in [2.24, 2.45) is 0 Å². The minimum Gasteiger partial charge on any atom is -0.493 e. The lowest BCUT2D eigenvalue weighted by molar-refractivity contribution is 0.101. The van der Waals surface area contributed by atoms with E-state index < -0.39 is 16.1 Å². The van der Waals surface area contributed by atoms with E-state index in [4.69, 9.17) is 9.84 Å². The second-order valence-electron chi connectivity index (χ2n) is 5.74. The first-order valence-corrected chi connectivity index (χ1v) is 9.47. The highest BCUT2D eigenvalue weighted by atomic mass is 32.2. The number of Topliss-reactive ketones (excluding diaryl/α,β-unsaturated/α-hetero) is 1. The fraction of sp³-hybridized carbons (Fsp3) is 0.500. The van der Waals surface area contributed by atoms with Crippen LogP contribution in [0.25, 0.3) is 0 Å². The van der Waals surface area contributed by atoms with Gasteiger partial charge in [-0.3, -0.25) is 4.79 Å². The molecule has 0 radical (unpaired) electrons. The van der Waals surface area contributed by atoms with Crippen LogP contribution in [-0.2, 0) is 10.0 Å². The van der Waals surface area contributed by atoms with Crippen molar-refractivity contribution in [2.45, 2.75) is 25.2 Å². The first-order valence-electron chi connectivity index (χ1n) is 8.03. The predicted molar refractivity (Wildman–Crippen MR) is 90.6 cm³/mol. The number of rotatable bonds is 6. The van der Waals surface area contributed by atoms with Gasteiger partial charge in [0.15, 0.2) is 5.78 Å². The lowest BCUT2D eigenvalue weighted by atomic mass is 10.1. The number of ether oxygens (including phenoxy) is 1. The molecule has 0 aliphatic carbocycles. The Morgan fingerprint density at radius 2 is 1.84 bits per heavy atom. The van der Waals surface area contributed by atoms with Gasteiger partial charge in [0.05, 0.1) is 17.1 Å². The van der Waals surface area contributed by atoms with Crippen LogP contribution in [0.5, 0.6) is 5.75 Å². The molecule has 1 aromatic rings. The number of benzene rings is 1. The maximum absolute atomic E-state index is 12.8. The highest BCUT2D eigenvalue weighted by molar-refractivity contribution is 7.89. The van der Waals surface area contributed by atoms with Crippen LogP contribution in [-0.4, -0.2) is 67.4 Å². The van der Waals surface area contributed by atoms with Gasteiger partial charge in [-0.05, 0) is 31.5 Å². The van der Waals surface area contributed by atoms with E-state index in [1.54, 1.807) is 0 Å². The van der Waals surface area contributed by atoms with Crippen molar-refractivity contribution in [2.75, 3.05) is 32.8 Å². The number of nitrogens with zero attached hydrogens (tertiary/aromatic N) is 2. The molecule has 9 heteroatoms. The number of carbonyl (C=O) groups excluding carboxylic acids is 1. The molecule has 0 atom stereocenters. The van der Waals surface area contributed by atoms with Crippen LogP contribution < -0.4 is 4.74 Å². The predicted octanol–water partition coefficient (Wildman–Crippen LogP) is 1.66. The van der Waals surface area contributed by atoms with Crippen LogP contribution in [0.2, 0.25) is 0 Å². The summed E-state index contributed by atoms with van der Waals surface area (Å²) in [5, 5.41) is 8.95. The van der Waals surface area contributed by atoms with Crippen molar-refractivity contribution in [1.82, 2.24) is 9.21 Å². The molecule has 1 amide bonds. The second kappa shape index (κ2) is 7.83. The van der Waals surface area contributed by atoms with Gasteiger partial charge in [0.25, 0.3) is 0 Å². The van der Waals surface area contributed by atoms with Gasteiger partial charge >= 0.3 is 6.09 Å². The van der Waals surface area contributed by atoms with Crippen LogP contribution in [0.15, 0.2) is 23.1 Å².